The molecule has 1 heterocycles. The van der Waals surface area contributed by atoms with E-state index in [-0.39, 0.29) is 11.0 Å². The number of thioether (sulfide) groups is 1. The standard InChI is InChI=1S/C24H25NO6S/c1-15(2)31-22(26)13-25-23(27)21(32-24(25)28)12-17-8-9-19(20(11-17)29-4)30-14-18-7-5-6-16(3)10-18/h5-12,15H,13-14H2,1-4H3/b21-12-. The highest BCUT2D eigenvalue weighted by Gasteiger charge is 2.36. The zero-order valence-corrected chi connectivity index (χ0v) is 19.2. The summed E-state index contributed by atoms with van der Waals surface area (Å²) in [6.07, 6.45) is 1.27. The molecular formula is C24H25NO6S. The molecule has 0 aromatic heterocycles. The van der Waals surface area contributed by atoms with Gasteiger partial charge in [0.25, 0.3) is 11.1 Å². The maximum Gasteiger partial charge on any atom is 0.326 e. The molecule has 2 aromatic carbocycles. The average molecular weight is 456 g/mol. The van der Waals surface area contributed by atoms with E-state index < -0.39 is 23.7 Å². The molecule has 0 atom stereocenters. The summed E-state index contributed by atoms with van der Waals surface area (Å²) in [5.74, 6) is -0.0818. The molecule has 2 amide bonds. The van der Waals surface area contributed by atoms with Crippen LogP contribution in [0.5, 0.6) is 11.5 Å². The molecule has 168 valence electrons. The number of carbonyl (C=O) groups is 3. The van der Waals surface area contributed by atoms with Gasteiger partial charge in [0, 0.05) is 0 Å². The number of imide groups is 1. The molecule has 32 heavy (non-hydrogen) atoms. The SMILES string of the molecule is COc1cc(/C=C2\SC(=O)N(CC(=O)OC(C)C)C2=O)ccc1OCc1cccc(C)c1. The number of esters is 1. The van der Waals surface area contributed by atoms with Gasteiger partial charge in [-0.1, -0.05) is 35.9 Å². The van der Waals surface area contributed by atoms with Crippen molar-refractivity contribution in [3.8, 4) is 11.5 Å². The highest BCUT2D eigenvalue weighted by molar-refractivity contribution is 8.18. The highest BCUT2D eigenvalue weighted by atomic mass is 32.2. The Kier molecular flexibility index (Phi) is 7.58. The van der Waals surface area contributed by atoms with Gasteiger partial charge in [-0.05, 0) is 61.9 Å². The maximum absolute atomic E-state index is 12.6. The largest absolute Gasteiger partial charge is 0.493 e. The second kappa shape index (κ2) is 10.4. The third-order valence-corrected chi connectivity index (χ3v) is 5.40. The third kappa shape index (κ3) is 5.91. The topological polar surface area (TPSA) is 82.1 Å². The van der Waals surface area contributed by atoms with E-state index in [2.05, 4.69) is 0 Å². The normalized spacial score (nSPS) is 14.9. The molecule has 1 fully saturated rings. The van der Waals surface area contributed by atoms with Crippen LogP contribution in [0.2, 0.25) is 0 Å². The number of aryl methyl sites for hydroxylation is 1. The zero-order valence-electron chi connectivity index (χ0n) is 18.4. The van der Waals surface area contributed by atoms with Crippen molar-refractivity contribution < 1.29 is 28.6 Å². The number of hydrogen-bond acceptors (Lipinski definition) is 7. The van der Waals surface area contributed by atoms with E-state index in [9.17, 15) is 14.4 Å². The van der Waals surface area contributed by atoms with Gasteiger partial charge < -0.3 is 14.2 Å². The van der Waals surface area contributed by atoms with E-state index in [1.54, 1.807) is 38.1 Å². The Labute approximate surface area is 191 Å². The predicted molar refractivity (Wildman–Crippen MR) is 122 cm³/mol. The number of ether oxygens (including phenoxy) is 3. The van der Waals surface area contributed by atoms with Gasteiger partial charge in [0.2, 0.25) is 0 Å². The fourth-order valence-corrected chi connectivity index (χ4v) is 3.91. The van der Waals surface area contributed by atoms with Crippen LogP contribution in [0.3, 0.4) is 0 Å². The van der Waals surface area contributed by atoms with Crippen molar-refractivity contribution in [2.75, 3.05) is 13.7 Å². The van der Waals surface area contributed by atoms with Crippen molar-refractivity contribution in [2.24, 2.45) is 0 Å². The molecule has 0 bridgehead atoms. The minimum atomic E-state index is -0.625. The van der Waals surface area contributed by atoms with Gasteiger partial charge in [-0.15, -0.1) is 0 Å². The Morgan fingerprint density at radius 1 is 1.12 bits per heavy atom. The second-order valence-electron chi connectivity index (χ2n) is 7.49. The van der Waals surface area contributed by atoms with Crippen LogP contribution in [0.15, 0.2) is 47.4 Å². The Hall–Kier alpha value is -3.26. The lowest BCUT2D eigenvalue weighted by Crippen LogP contribution is -2.35. The van der Waals surface area contributed by atoms with E-state index >= 15 is 0 Å². The van der Waals surface area contributed by atoms with Gasteiger partial charge in [-0.25, -0.2) is 0 Å². The van der Waals surface area contributed by atoms with E-state index in [4.69, 9.17) is 14.2 Å². The van der Waals surface area contributed by atoms with Gasteiger partial charge in [0.1, 0.15) is 13.2 Å². The summed E-state index contributed by atoms with van der Waals surface area (Å²) in [5.41, 5.74) is 2.86. The Bertz CT molecular complexity index is 1060. The van der Waals surface area contributed by atoms with Crippen molar-refractivity contribution in [3.63, 3.8) is 0 Å². The highest BCUT2D eigenvalue weighted by Crippen LogP contribution is 2.34. The Morgan fingerprint density at radius 2 is 1.91 bits per heavy atom. The van der Waals surface area contributed by atoms with Gasteiger partial charge >= 0.3 is 5.97 Å². The van der Waals surface area contributed by atoms with E-state index in [1.807, 2.05) is 31.2 Å². The summed E-state index contributed by atoms with van der Waals surface area (Å²) in [7, 11) is 1.53. The number of hydrogen-bond donors (Lipinski definition) is 0. The van der Waals surface area contributed by atoms with Crippen LogP contribution in [0.25, 0.3) is 6.08 Å². The average Bonchev–Trinajstić information content (AvgIpc) is 2.99. The molecule has 1 aliphatic heterocycles. The molecule has 0 spiro atoms. The van der Waals surface area contributed by atoms with Crippen molar-refractivity contribution in [1.29, 1.82) is 0 Å². The van der Waals surface area contributed by atoms with Crippen molar-refractivity contribution in [3.05, 3.63) is 64.1 Å². The summed E-state index contributed by atoms with van der Waals surface area (Å²) in [6, 6.07) is 13.3. The van der Waals surface area contributed by atoms with Crippen molar-refractivity contribution in [2.45, 2.75) is 33.5 Å². The first-order valence-corrected chi connectivity index (χ1v) is 10.9. The number of benzene rings is 2. The van der Waals surface area contributed by atoms with Gasteiger partial charge in [0.05, 0.1) is 18.1 Å². The maximum atomic E-state index is 12.6. The van der Waals surface area contributed by atoms with Crippen LogP contribution < -0.4 is 9.47 Å². The fraction of sp³-hybridized carbons (Fsp3) is 0.292. The number of carbonyl (C=O) groups excluding carboxylic acids is 3. The van der Waals surface area contributed by atoms with Crippen LogP contribution in [-0.2, 0) is 20.9 Å². The first-order valence-electron chi connectivity index (χ1n) is 10.1. The molecule has 0 aliphatic carbocycles. The Morgan fingerprint density at radius 3 is 2.59 bits per heavy atom. The second-order valence-corrected chi connectivity index (χ2v) is 8.49. The first-order chi connectivity index (χ1) is 15.3. The zero-order chi connectivity index (χ0) is 23.3. The molecule has 1 saturated heterocycles. The summed E-state index contributed by atoms with van der Waals surface area (Å²) >= 11 is 0.783. The minimum absolute atomic E-state index is 0.225. The monoisotopic (exact) mass is 455 g/mol. The van der Waals surface area contributed by atoms with E-state index in [0.717, 1.165) is 27.8 Å². The van der Waals surface area contributed by atoms with Crippen LogP contribution in [0.1, 0.15) is 30.5 Å². The first kappa shape index (κ1) is 23.4. The van der Waals surface area contributed by atoms with E-state index in [0.29, 0.717) is 23.7 Å². The summed E-state index contributed by atoms with van der Waals surface area (Å²) in [6.45, 7) is 5.41. The molecule has 0 radical (unpaired) electrons. The molecule has 8 heteroatoms. The fourth-order valence-electron chi connectivity index (χ4n) is 3.07. The van der Waals surface area contributed by atoms with E-state index in [1.165, 1.54) is 7.11 Å². The number of amides is 2. The molecule has 7 nitrogen and oxygen atoms in total. The summed E-state index contributed by atoms with van der Waals surface area (Å²) < 4.78 is 16.4. The van der Waals surface area contributed by atoms with Crippen LogP contribution in [0, 0.1) is 6.92 Å². The lowest BCUT2D eigenvalue weighted by molar-refractivity contribution is -0.149. The van der Waals surface area contributed by atoms with Crippen molar-refractivity contribution in [1.82, 2.24) is 4.90 Å². The summed E-state index contributed by atoms with van der Waals surface area (Å²) in [4.78, 5) is 37.8. The van der Waals surface area contributed by atoms with Crippen LogP contribution in [-0.4, -0.2) is 41.8 Å². The quantitative estimate of drug-likeness (QED) is 0.426. The molecule has 0 unspecified atom stereocenters. The molecule has 1 aliphatic rings. The smallest absolute Gasteiger partial charge is 0.326 e. The van der Waals surface area contributed by atoms with Gasteiger partial charge in [0.15, 0.2) is 11.5 Å². The van der Waals surface area contributed by atoms with Gasteiger partial charge in [-0.3, -0.25) is 19.3 Å². The minimum Gasteiger partial charge on any atom is -0.493 e. The molecule has 2 aromatic rings. The number of rotatable bonds is 8. The van der Waals surface area contributed by atoms with Crippen LogP contribution in [0.4, 0.5) is 4.79 Å². The van der Waals surface area contributed by atoms with Crippen molar-refractivity contribution >= 4 is 35.0 Å². The molecule has 0 N–H and O–H groups in total. The number of nitrogens with zero attached hydrogens (tertiary/aromatic N) is 1. The molecule has 3 rings (SSSR count). The summed E-state index contributed by atoms with van der Waals surface area (Å²) in [5, 5.41) is -0.507. The lowest BCUT2D eigenvalue weighted by atomic mass is 10.1. The number of methoxy groups -OCH3 is 1. The lowest BCUT2D eigenvalue weighted by Gasteiger charge is -2.13. The Balaban J connectivity index is 1.72. The molecule has 0 saturated carbocycles. The molecular weight excluding hydrogens is 430 g/mol. The third-order valence-electron chi connectivity index (χ3n) is 4.49. The van der Waals surface area contributed by atoms with Crippen LogP contribution >= 0.6 is 11.8 Å². The predicted octanol–water partition coefficient (Wildman–Crippen LogP) is 4.57. The van der Waals surface area contributed by atoms with Gasteiger partial charge in [-0.2, -0.15) is 0 Å².